The number of hydrogen-bond acceptors (Lipinski definition) is 5. The third kappa shape index (κ3) is 2.12. The first-order valence-electron chi connectivity index (χ1n) is 5.12. The average Bonchev–Trinajstić information content (AvgIpc) is 2.86. The van der Waals surface area contributed by atoms with E-state index in [1.165, 1.54) is 4.88 Å². The zero-order valence-corrected chi connectivity index (χ0v) is 10.2. The molecule has 0 amide bonds. The van der Waals surface area contributed by atoms with Gasteiger partial charge in [-0.1, -0.05) is 19.9 Å². The lowest BCUT2D eigenvalue weighted by Gasteiger charge is -2.23. The summed E-state index contributed by atoms with van der Waals surface area (Å²) in [6.45, 7) is 5.47. The molecule has 2 N–H and O–H groups in total. The molecule has 0 unspecified atom stereocenters. The molecule has 0 saturated heterocycles. The van der Waals surface area contributed by atoms with Gasteiger partial charge in [0.05, 0.1) is 13.1 Å². The Balaban J connectivity index is 2.21. The van der Waals surface area contributed by atoms with Crippen LogP contribution in [0.3, 0.4) is 0 Å². The van der Waals surface area contributed by atoms with E-state index in [2.05, 4.69) is 46.9 Å². The van der Waals surface area contributed by atoms with Crippen molar-refractivity contribution in [3.8, 4) is 0 Å². The SMILES string of the molecule is CC(C)(Cn1nnnc1CN)c1cccs1. The molecule has 6 heteroatoms. The molecule has 16 heavy (non-hydrogen) atoms. The Hall–Kier alpha value is -1.27. The Kier molecular flexibility index (Phi) is 3.02. The molecule has 2 aromatic heterocycles. The summed E-state index contributed by atoms with van der Waals surface area (Å²) in [5, 5.41) is 13.6. The number of aromatic nitrogens is 4. The molecule has 2 rings (SSSR count). The minimum Gasteiger partial charge on any atom is -0.324 e. The predicted molar refractivity (Wildman–Crippen MR) is 63.1 cm³/mol. The molecule has 0 bridgehead atoms. The quantitative estimate of drug-likeness (QED) is 0.866. The van der Waals surface area contributed by atoms with Gasteiger partial charge in [0.2, 0.25) is 0 Å². The van der Waals surface area contributed by atoms with E-state index >= 15 is 0 Å². The van der Waals surface area contributed by atoms with Crippen molar-refractivity contribution in [2.45, 2.75) is 32.4 Å². The fourth-order valence-electron chi connectivity index (χ4n) is 1.61. The van der Waals surface area contributed by atoms with Crippen molar-refractivity contribution in [3.05, 3.63) is 28.2 Å². The van der Waals surface area contributed by atoms with Crippen molar-refractivity contribution in [3.63, 3.8) is 0 Å². The maximum atomic E-state index is 5.57. The summed E-state index contributed by atoms with van der Waals surface area (Å²) >= 11 is 1.75. The van der Waals surface area contributed by atoms with Crippen LogP contribution in [0.15, 0.2) is 17.5 Å². The van der Waals surface area contributed by atoms with Crippen LogP contribution < -0.4 is 5.73 Å². The molecule has 0 aliphatic carbocycles. The number of hydrogen-bond donors (Lipinski definition) is 1. The van der Waals surface area contributed by atoms with Gasteiger partial charge in [-0.3, -0.25) is 0 Å². The van der Waals surface area contributed by atoms with E-state index in [9.17, 15) is 0 Å². The second-order valence-corrected chi connectivity index (χ2v) is 5.27. The molecule has 2 aromatic rings. The van der Waals surface area contributed by atoms with Crippen molar-refractivity contribution in [1.82, 2.24) is 20.2 Å². The highest BCUT2D eigenvalue weighted by Gasteiger charge is 2.24. The third-order valence-electron chi connectivity index (χ3n) is 2.52. The van der Waals surface area contributed by atoms with E-state index in [-0.39, 0.29) is 5.41 Å². The second-order valence-electron chi connectivity index (χ2n) is 4.32. The zero-order chi connectivity index (χ0) is 11.6. The van der Waals surface area contributed by atoms with Crippen LogP contribution in [0.25, 0.3) is 0 Å². The van der Waals surface area contributed by atoms with E-state index in [1.54, 1.807) is 16.0 Å². The van der Waals surface area contributed by atoms with Crippen LogP contribution in [0.2, 0.25) is 0 Å². The molecule has 0 spiro atoms. The minimum atomic E-state index is 0.0213. The molecule has 0 atom stereocenters. The van der Waals surface area contributed by atoms with Crippen molar-refractivity contribution in [2.24, 2.45) is 5.73 Å². The van der Waals surface area contributed by atoms with Gasteiger partial charge >= 0.3 is 0 Å². The first kappa shape index (κ1) is 11.2. The Morgan fingerprint density at radius 2 is 2.31 bits per heavy atom. The standard InChI is InChI=1S/C10H15N5S/c1-10(2,8-4-3-5-16-8)7-15-9(6-11)12-13-14-15/h3-5H,6-7,11H2,1-2H3. The van der Waals surface area contributed by atoms with Crippen molar-refractivity contribution in [2.75, 3.05) is 0 Å². The summed E-state index contributed by atoms with van der Waals surface area (Å²) in [5.74, 6) is 0.727. The molecule has 0 fully saturated rings. The largest absolute Gasteiger partial charge is 0.324 e. The Morgan fingerprint density at radius 1 is 1.50 bits per heavy atom. The van der Waals surface area contributed by atoms with Gasteiger partial charge in [0.15, 0.2) is 5.82 Å². The molecular formula is C10H15N5S. The number of nitrogens with two attached hydrogens (primary N) is 1. The Morgan fingerprint density at radius 3 is 2.94 bits per heavy atom. The first-order valence-corrected chi connectivity index (χ1v) is 6.00. The van der Waals surface area contributed by atoms with Gasteiger partial charge in [-0.05, 0) is 21.9 Å². The lowest BCUT2D eigenvalue weighted by Crippen LogP contribution is -2.26. The molecule has 0 aliphatic rings. The molecule has 86 valence electrons. The predicted octanol–water partition coefficient (Wildman–Crippen LogP) is 1.17. The number of tetrazole rings is 1. The Labute approximate surface area is 98.3 Å². The molecular weight excluding hydrogens is 222 g/mol. The first-order chi connectivity index (χ1) is 7.63. The zero-order valence-electron chi connectivity index (χ0n) is 9.42. The Bertz CT molecular complexity index is 445. The highest BCUT2D eigenvalue weighted by Crippen LogP contribution is 2.28. The van der Waals surface area contributed by atoms with E-state index < -0.39 is 0 Å². The summed E-state index contributed by atoms with van der Waals surface area (Å²) in [6, 6.07) is 4.20. The van der Waals surface area contributed by atoms with E-state index in [0.717, 1.165) is 12.4 Å². The van der Waals surface area contributed by atoms with Crippen LogP contribution in [-0.2, 0) is 18.5 Å². The van der Waals surface area contributed by atoms with E-state index in [4.69, 9.17) is 5.73 Å². The van der Waals surface area contributed by atoms with Crippen LogP contribution in [0.4, 0.5) is 0 Å². The summed E-state index contributed by atoms with van der Waals surface area (Å²) in [7, 11) is 0. The number of rotatable bonds is 4. The highest BCUT2D eigenvalue weighted by molar-refractivity contribution is 7.10. The molecule has 0 saturated carbocycles. The van der Waals surface area contributed by atoms with Crippen LogP contribution in [0.5, 0.6) is 0 Å². The summed E-state index contributed by atoms with van der Waals surface area (Å²) in [4.78, 5) is 1.32. The molecule has 0 aliphatic heterocycles. The lowest BCUT2D eigenvalue weighted by molar-refractivity contribution is 0.399. The summed E-state index contributed by atoms with van der Waals surface area (Å²) in [5.41, 5.74) is 5.59. The van der Waals surface area contributed by atoms with E-state index in [0.29, 0.717) is 6.54 Å². The van der Waals surface area contributed by atoms with Gasteiger partial charge < -0.3 is 5.73 Å². The third-order valence-corrected chi connectivity index (χ3v) is 3.76. The van der Waals surface area contributed by atoms with Gasteiger partial charge in [0.25, 0.3) is 0 Å². The molecule has 0 radical (unpaired) electrons. The van der Waals surface area contributed by atoms with Gasteiger partial charge in [0.1, 0.15) is 0 Å². The second kappa shape index (κ2) is 4.31. The lowest BCUT2D eigenvalue weighted by atomic mass is 9.91. The topological polar surface area (TPSA) is 69.6 Å². The number of nitrogens with zero attached hydrogens (tertiary/aromatic N) is 4. The smallest absolute Gasteiger partial charge is 0.164 e. The molecule has 0 aromatic carbocycles. The average molecular weight is 237 g/mol. The van der Waals surface area contributed by atoms with Crippen LogP contribution in [-0.4, -0.2) is 20.2 Å². The fourth-order valence-corrected chi connectivity index (χ4v) is 2.45. The van der Waals surface area contributed by atoms with Crippen molar-refractivity contribution in [1.29, 1.82) is 0 Å². The van der Waals surface area contributed by atoms with E-state index in [1.807, 2.05) is 0 Å². The normalized spacial score (nSPS) is 11.9. The maximum absolute atomic E-state index is 5.57. The minimum absolute atomic E-state index is 0.0213. The van der Waals surface area contributed by atoms with Crippen LogP contribution in [0, 0.1) is 0 Å². The van der Waals surface area contributed by atoms with Gasteiger partial charge in [0, 0.05) is 10.3 Å². The van der Waals surface area contributed by atoms with Crippen molar-refractivity contribution >= 4 is 11.3 Å². The number of thiophene rings is 1. The van der Waals surface area contributed by atoms with Gasteiger partial charge in [-0.25, -0.2) is 4.68 Å². The summed E-state index contributed by atoms with van der Waals surface area (Å²) in [6.07, 6.45) is 0. The highest BCUT2D eigenvalue weighted by atomic mass is 32.1. The monoisotopic (exact) mass is 237 g/mol. The summed E-state index contributed by atoms with van der Waals surface area (Å²) < 4.78 is 1.78. The molecule has 2 heterocycles. The van der Waals surface area contributed by atoms with Gasteiger partial charge in [-0.2, -0.15) is 0 Å². The molecule has 5 nitrogen and oxygen atoms in total. The van der Waals surface area contributed by atoms with Crippen molar-refractivity contribution < 1.29 is 0 Å². The fraction of sp³-hybridized carbons (Fsp3) is 0.500. The van der Waals surface area contributed by atoms with Gasteiger partial charge in [-0.15, -0.1) is 16.4 Å². The van der Waals surface area contributed by atoms with Crippen LogP contribution in [0.1, 0.15) is 24.5 Å². The van der Waals surface area contributed by atoms with Crippen LogP contribution >= 0.6 is 11.3 Å². The maximum Gasteiger partial charge on any atom is 0.164 e.